The Balaban J connectivity index is 1.96. The lowest BCUT2D eigenvalue weighted by molar-refractivity contribution is 0.310. The highest BCUT2D eigenvalue weighted by atomic mass is 15.2. The first kappa shape index (κ1) is 14.3. The van der Waals surface area contributed by atoms with Crippen molar-refractivity contribution in [3.8, 4) is 0 Å². The molecular formula is C16H27N3. The third-order valence-corrected chi connectivity index (χ3v) is 4.51. The van der Waals surface area contributed by atoms with Gasteiger partial charge in [-0.3, -0.25) is 0 Å². The number of anilines is 1. The van der Waals surface area contributed by atoms with Crippen LogP contribution in [0.1, 0.15) is 45.2 Å². The van der Waals surface area contributed by atoms with Crippen molar-refractivity contribution < 1.29 is 0 Å². The Kier molecular flexibility index (Phi) is 4.81. The zero-order chi connectivity index (χ0) is 13.8. The molecule has 0 aromatic carbocycles. The average Bonchev–Trinajstić information content (AvgIpc) is 2.46. The quantitative estimate of drug-likeness (QED) is 0.902. The Morgan fingerprint density at radius 2 is 1.89 bits per heavy atom. The molecule has 2 heterocycles. The summed E-state index contributed by atoms with van der Waals surface area (Å²) in [7, 11) is 1.98. The number of hydrogen-bond acceptors (Lipinski definition) is 3. The van der Waals surface area contributed by atoms with Crippen LogP contribution in [-0.4, -0.2) is 25.1 Å². The fourth-order valence-electron chi connectivity index (χ4n) is 2.80. The van der Waals surface area contributed by atoms with Gasteiger partial charge in [0.25, 0.3) is 0 Å². The Morgan fingerprint density at radius 3 is 2.37 bits per heavy atom. The zero-order valence-corrected chi connectivity index (χ0v) is 12.7. The smallest absolute Gasteiger partial charge is 0.128 e. The summed E-state index contributed by atoms with van der Waals surface area (Å²) in [6.07, 6.45) is 4.60. The molecule has 1 aromatic heterocycles. The summed E-state index contributed by atoms with van der Waals surface area (Å²) < 4.78 is 0. The van der Waals surface area contributed by atoms with Crippen molar-refractivity contribution in [2.45, 2.75) is 39.7 Å². The van der Waals surface area contributed by atoms with Gasteiger partial charge in [0.1, 0.15) is 5.82 Å². The van der Waals surface area contributed by atoms with Crippen LogP contribution in [-0.2, 0) is 0 Å². The minimum Gasteiger partial charge on any atom is -0.357 e. The van der Waals surface area contributed by atoms with Gasteiger partial charge >= 0.3 is 0 Å². The van der Waals surface area contributed by atoms with Gasteiger partial charge in [0.15, 0.2) is 0 Å². The molecule has 0 saturated carbocycles. The molecular weight excluding hydrogens is 234 g/mol. The first-order valence-corrected chi connectivity index (χ1v) is 7.50. The Bertz CT molecular complexity index is 377. The Labute approximate surface area is 117 Å². The first-order chi connectivity index (χ1) is 9.11. The van der Waals surface area contributed by atoms with Crippen molar-refractivity contribution >= 4 is 5.82 Å². The minimum absolute atomic E-state index is 0.369. The van der Waals surface area contributed by atoms with Crippen LogP contribution >= 0.6 is 0 Å². The summed E-state index contributed by atoms with van der Waals surface area (Å²) in [6, 6.07) is 4.73. The van der Waals surface area contributed by atoms with Crippen molar-refractivity contribution in [2.75, 3.05) is 25.0 Å². The van der Waals surface area contributed by atoms with Gasteiger partial charge in [-0.25, -0.2) is 4.98 Å². The van der Waals surface area contributed by atoms with E-state index in [1.165, 1.54) is 18.4 Å². The third kappa shape index (κ3) is 3.47. The summed E-state index contributed by atoms with van der Waals surface area (Å²) in [5, 5.41) is 3.24. The zero-order valence-electron chi connectivity index (χ0n) is 12.7. The van der Waals surface area contributed by atoms with E-state index in [-0.39, 0.29) is 0 Å². The van der Waals surface area contributed by atoms with E-state index in [2.05, 4.69) is 48.1 Å². The van der Waals surface area contributed by atoms with E-state index in [1.54, 1.807) is 0 Å². The molecule has 1 unspecified atom stereocenters. The molecule has 1 aliphatic rings. The van der Waals surface area contributed by atoms with Gasteiger partial charge in [-0.2, -0.15) is 0 Å². The van der Waals surface area contributed by atoms with Crippen LogP contribution in [0.4, 0.5) is 5.82 Å². The molecule has 2 rings (SSSR count). The molecule has 1 aliphatic heterocycles. The molecule has 1 aromatic rings. The molecule has 0 radical (unpaired) electrons. The average molecular weight is 261 g/mol. The van der Waals surface area contributed by atoms with E-state index < -0.39 is 0 Å². The van der Waals surface area contributed by atoms with Gasteiger partial charge in [0.2, 0.25) is 0 Å². The minimum atomic E-state index is 0.369. The van der Waals surface area contributed by atoms with Gasteiger partial charge < -0.3 is 10.2 Å². The van der Waals surface area contributed by atoms with E-state index in [0.29, 0.717) is 6.04 Å². The van der Waals surface area contributed by atoms with Gasteiger partial charge in [0.05, 0.1) is 0 Å². The van der Waals surface area contributed by atoms with Gasteiger partial charge in [-0.1, -0.05) is 19.9 Å². The van der Waals surface area contributed by atoms with Crippen molar-refractivity contribution in [2.24, 2.45) is 11.8 Å². The molecule has 3 heteroatoms. The monoisotopic (exact) mass is 261 g/mol. The van der Waals surface area contributed by atoms with E-state index in [9.17, 15) is 0 Å². The molecule has 1 N–H and O–H groups in total. The molecule has 1 saturated heterocycles. The molecule has 0 bridgehead atoms. The fraction of sp³-hybridized carbons (Fsp3) is 0.688. The van der Waals surface area contributed by atoms with E-state index in [1.807, 2.05) is 13.2 Å². The Morgan fingerprint density at radius 1 is 1.21 bits per heavy atom. The second-order valence-corrected chi connectivity index (χ2v) is 6.03. The maximum atomic E-state index is 4.63. The van der Waals surface area contributed by atoms with Crippen molar-refractivity contribution in [3.63, 3.8) is 0 Å². The predicted octanol–water partition coefficient (Wildman–Crippen LogP) is 3.23. The third-order valence-electron chi connectivity index (χ3n) is 4.51. The lowest BCUT2D eigenvalue weighted by Gasteiger charge is -2.34. The van der Waals surface area contributed by atoms with Crippen LogP contribution in [0, 0.1) is 11.8 Å². The first-order valence-electron chi connectivity index (χ1n) is 7.50. The lowest BCUT2D eigenvalue weighted by atomic mass is 9.87. The molecule has 1 atom stereocenters. The summed E-state index contributed by atoms with van der Waals surface area (Å²) in [5.74, 6) is 2.84. The maximum absolute atomic E-state index is 4.63. The van der Waals surface area contributed by atoms with Crippen molar-refractivity contribution in [1.82, 2.24) is 10.3 Å². The van der Waals surface area contributed by atoms with Gasteiger partial charge in [-0.05, 0) is 50.3 Å². The molecule has 106 valence electrons. The highest BCUT2D eigenvalue weighted by Crippen LogP contribution is 2.27. The number of nitrogens with one attached hydrogen (secondary N) is 1. The second kappa shape index (κ2) is 6.38. The number of hydrogen-bond donors (Lipinski definition) is 1. The summed E-state index contributed by atoms with van der Waals surface area (Å²) in [4.78, 5) is 7.05. The van der Waals surface area contributed by atoms with Crippen LogP contribution in [0.3, 0.4) is 0 Å². The maximum Gasteiger partial charge on any atom is 0.128 e. The van der Waals surface area contributed by atoms with Gasteiger partial charge in [-0.15, -0.1) is 0 Å². The standard InChI is InChI=1S/C16H27N3/c1-12(2)14-7-9-19(10-8-14)16-6-5-15(11-18-16)13(3)17-4/h5-6,11-14,17H,7-10H2,1-4H3. The molecule has 0 aliphatic carbocycles. The summed E-state index contributed by atoms with van der Waals surface area (Å²) >= 11 is 0. The van der Waals surface area contributed by atoms with Crippen LogP contribution in [0.5, 0.6) is 0 Å². The van der Waals surface area contributed by atoms with Crippen LogP contribution in [0.25, 0.3) is 0 Å². The topological polar surface area (TPSA) is 28.2 Å². The molecule has 19 heavy (non-hydrogen) atoms. The molecule has 0 spiro atoms. The van der Waals surface area contributed by atoms with E-state index >= 15 is 0 Å². The highest BCUT2D eigenvalue weighted by molar-refractivity contribution is 5.40. The molecule has 3 nitrogen and oxygen atoms in total. The number of aromatic nitrogens is 1. The normalized spacial score (nSPS) is 18.9. The van der Waals surface area contributed by atoms with E-state index in [0.717, 1.165) is 30.7 Å². The van der Waals surface area contributed by atoms with Crippen LogP contribution in [0.15, 0.2) is 18.3 Å². The SMILES string of the molecule is CNC(C)c1ccc(N2CCC(C(C)C)CC2)nc1. The number of rotatable bonds is 4. The van der Waals surface area contributed by atoms with Gasteiger partial charge in [0, 0.05) is 25.3 Å². The number of piperidine rings is 1. The molecule has 0 amide bonds. The lowest BCUT2D eigenvalue weighted by Crippen LogP contribution is -2.35. The van der Waals surface area contributed by atoms with Crippen molar-refractivity contribution in [3.05, 3.63) is 23.9 Å². The Hall–Kier alpha value is -1.09. The van der Waals surface area contributed by atoms with Crippen LogP contribution < -0.4 is 10.2 Å². The predicted molar refractivity (Wildman–Crippen MR) is 81.5 cm³/mol. The number of pyridine rings is 1. The summed E-state index contributed by atoms with van der Waals surface area (Å²) in [6.45, 7) is 9.14. The largest absolute Gasteiger partial charge is 0.357 e. The van der Waals surface area contributed by atoms with Crippen LogP contribution in [0.2, 0.25) is 0 Å². The van der Waals surface area contributed by atoms with Crippen molar-refractivity contribution in [1.29, 1.82) is 0 Å². The summed E-state index contributed by atoms with van der Waals surface area (Å²) in [5.41, 5.74) is 1.25. The number of nitrogens with zero attached hydrogens (tertiary/aromatic N) is 2. The molecule has 1 fully saturated rings. The highest BCUT2D eigenvalue weighted by Gasteiger charge is 2.22. The van der Waals surface area contributed by atoms with E-state index in [4.69, 9.17) is 0 Å². The fourth-order valence-corrected chi connectivity index (χ4v) is 2.80. The second-order valence-electron chi connectivity index (χ2n) is 6.03.